The molecule has 1 fully saturated rings. The number of rotatable bonds is 8. The quantitative estimate of drug-likeness (QED) is 0.694. The van der Waals surface area contributed by atoms with Crippen molar-refractivity contribution in [1.29, 1.82) is 0 Å². The predicted octanol–water partition coefficient (Wildman–Crippen LogP) is 1.69. The van der Waals surface area contributed by atoms with Gasteiger partial charge in [-0.2, -0.15) is 17.0 Å². The average molecular weight is 306 g/mol. The van der Waals surface area contributed by atoms with Gasteiger partial charge < -0.3 is 5.11 Å². The summed E-state index contributed by atoms with van der Waals surface area (Å²) in [7, 11) is -3.43. The van der Waals surface area contributed by atoms with Crippen molar-refractivity contribution in [3.8, 4) is 0 Å². The van der Waals surface area contributed by atoms with Crippen LogP contribution in [-0.2, 0) is 10.2 Å². The van der Waals surface area contributed by atoms with Crippen molar-refractivity contribution in [2.24, 2.45) is 11.8 Å². The molecule has 1 saturated heterocycles. The van der Waals surface area contributed by atoms with E-state index in [2.05, 4.69) is 20.8 Å². The van der Waals surface area contributed by atoms with E-state index >= 15 is 0 Å². The normalized spacial score (nSPS) is 25.2. The first-order chi connectivity index (χ1) is 9.41. The summed E-state index contributed by atoms with van der Waals surface area (Å²) in [5.41, 5.74) is 0. The van der Waals surface area contributed by atoms with Crippen molar-refractivity contribution < 1.29 is 13.5 Å². The highest BCUT2D eigenvalue weighted by molar-refractivity contribution is 7.86. The van der Waals surface area contributed by atoms with Crippen molar-refractivity contribution in [3.05, 3.63) is 0 Å². The molecule has 0 aliphatic carbocycles. The van der Waals surface area contributed by atoms with E-state index < -0.39 is 10.2 Å². The van der Waals surface area contributed by atoms with E-state index in [1.807, 2.05) is 0 Å². The second-order valence-corrected chi connectivity index (χ2v) is 8.03. The van der Waals surface area contributed by atoms with Crippen LogP contribution in [0.2, 0.25) is 0 Å². The van der Waals surface area contributed by atoms with Crippen LogP contribution in [-0.4, -0.2) is 54.9 Å². The first kappa shape index (κ1) is 17.9. The molecule has 6 heteroatoms. The molecule has 20 heavy (non-hydrogen) atoms. The Hall–Kier alpha value is -0.170. The molecule has 1 aliphatic rings. The van der Waals surface area contributed by atoms with Gasteiger partial charge in [-0.05, 0) is 24.7 Å². The van der Waals surface area contributed by atoms with Gasteiger partial charge in [0.2, 0.25) is 0 Å². The van der Waals surface area contributed by atoms with Crippen LogP contribution < -0.4 is 0 Å². The lowest BCUT2D eigenvalue weighted by molar-refractivity contribution is 0.198. The van der Waals surface area contributed by atoms with Crippen molar-refractivity contribution >= 4 is 10.2 Å². The van der Waals surface area contributed by atoms with Crippen molar-refractivity contribution in [3.63, 3.8) is 0 Å². The summed E-state index contributed by atoms with van der Waals surface area (Å²) in [4.78, 5) is 0. The fourth-order valence-electron chi connectivity index (χ4n) is 2.95. The Morgan fingerprint density at radius 1 is 1.15 bits per heavy atom. The average Bonchev–Trinajstić information content (AvgIpc) is 2.36. The summed E-state index contributed by atoms with van der Waals surface area (Å²) >= 11 is 0. The summed E-state index contributed by atoms with van der Waals surface area (Å²) in [5.74, 6) is 0.806. The Balaban J connectivity index is 2.75. The zero-order valence-electron chi connectivity index (χ0n) is 13.1. The number of hydrogen-bond donors (Lipinski definition) is 1. The van der Waals surface area contributed by atoms with Crippen molar-refractivity contribution in [2.45, 2.75) is 46.5 Å². The molecule has 0 amide bonds. The minimum absolute atomic E-state index is 0.121. The summed E-state index contributed by atoms with van der Waals surface area (Å²) in [6, 6.07) is 0. The van der Waals surface area contributed by atoms with Crippen LogP contribution in [0.15, 0.2) is 0 Å². The third-order valence-electron chi connectivity index (χ3n) is 3.85. The van der Waals surface area contributed by atoms with Gasteiger partial charge in [0.1, 0.15) is 0 Å². The lowest BCUT2D eigenvalue weighted by Crippen LogP contribution is -2.50. The molecule has 0 radical (unpaired) electrons. The van der Waals surface area contributed by atoms with Gasteiger partial charge in [-0.3, -0.25) is 0 Å². The zero-order chi connectivity index (χ0) is 15.2. The molecule has 1 aliphatic heterocycles. The molecule has 0 aromatic rings. The molecular formula is C14H30N2O3S. The van der Waals surface area contributed by atoms with Crippen LogP contribution in [0, 0.1) is 11.8 Å². The Bertz CT molecular complexity index is 363. The van der Waals surface area contributed by atoms with Gasteiger partial charge in [-0.1, -0.05) is 33.6 Å². The van der Waals surface area contributed by atoms with Crippen LogP contribution in [0.5, 0.6) is 0 Å². The van der Waals surface area contributed by atoms with Crippen LogP contribution in [0.3, 0.4) is 0 Å². The molecule has 120 valence electrons. The smallest absolute Gasteiger partial charge is 0.282 e. The number of nitrogens with zero attached hydrogens (tertiary/aromatic N) is 2. The number of aliphatic hydroxyl groups is 1. The number of piperidine rings is 1. The zero-order valence-corrected chi connectivity index (χ0v) is 13.9. The second-order valence-electron chi connectivity index (χ2n) is 6.10. The molecule has 0 spiro atoms. The second kappa shape index (κ2) is 8.32. The largest absolute Gasteiger partial charge is 0.395 e. The van der Waals surface area contributed by atoms with Gasteiger partial charge in [0.25, 0.3) is 10.2 Å². The number of unbranched alkanes of at least 4 members (excludes halogenated alkanes) is 2. The third kappa shape index (κ3) is 4.98. The maximum atomic E-state index is 12.7. The summed E-state index contributed by atoms with van der Waals surface area (Å²) in [6.07, 6.45) is 4.02. The first-order valence-electron chi connectivity index (χ1n) is 7.77. The van der Waals surface area contributed by atoms with E-state index in [9.17, 15) is 8.42 Å². The van der Waals surface area contributed by atoms with Gasteiger partial charge in [-0.25, -0.2) is 0 Å². The molecular weight excluding hydrogens is 276 g/mol. The minimum atomic E-state index is -3.43. The Labute approximate surface area is 124 Å². The predicted molar refractivity (Wildman–Crippen MR) is 81.6 cm³/mol. The van der Waals surface area contributed by atoms with Crippen molar-refractivity contribution in [2.75, 3.05) is 32.8 Å². The Morgan fingerprint density at radius 2 is 1.75 bits per heavy atom. The molecule has 1 N–H and O–H groups in total. The first-order valence-corrected chi connectivity index (χ1v) is 9.17. The summed E-state index contributed by atoms with van der Waals surface area (Å²) in [5, 5.41) is 9.13. The molecule has 2 unspecified atom stereocenters. The standard InChI is InChI=1S/C14H30N2O3S/c1-4-5-6-7-15(8-9-17)20(18,19)16-11-13(2)10-14(3)12-16/h13-14,17H,4-12H2,1-3H3. The van der Waals surface area contributed by atoms with E-state index in [0.717, 1.165) is 25.7 Å². The minimum Gasteiger partial charge on any atom is -0.395 e. The Kier molecular flexibility index (Phi) is 7.43. The van der Waals surface area contributed by atoms with Crippen molar-refractivity contribution in [1.82, 2.24) is 8.61 Å². The van der Waals surface area contributed by atoms with Gasteiger partial charge in [0.05, 0.1) is 6.61 Å². The van der Waals surface area contributed by atoms with Crippen LogP contribution >= 0.6 is 0 Å². The molecule has 0 aromatic carbocycles. The van der Waals surface area contributed by atoms with Gasteiger partial charge >= 0.3 is 0 Å². The lowest BCUT2D eigenvalue weighted by Gasteiger charge is -2.37. The monoisotopic (exact) mass is 306 g/mol. The van der Waals surface area contributed by atoms with Crippen LogP contribution in [0.25, 0.3) is 0 Å². The summed E-state index contributed by atoms with van der Waals surface area (Å²) in [6.45, 7) is 8.09. The van der Waals surface area contributed by atoms with Crippen LogP contribution in [0.1, 0.15) is 46.5 Å². The fourth-order valence-corrected chi connectivity index (χ4v) is 4.83. The SMILES string of the molecule is CCCCCN(CCO)S(=O)(=O)N1CC(C)CC(C)C1. The third-order valence-corrected chi connectivity index (χ3v) is 5.82. The van der Waals surface area contributed by atoms with E-state index in [0.29, 0.717) is 31.5 Å². The molecule has 1 rings (SSSR count). The highest BCUT2D eigenvalue weighted by Gasteiger charge is 2.34. The highest BCUT2D eigenvalue weighted by Crippen LogP contribution is 2.24. The highest BCUT2D eigenvalue weighted by atomic mass is 32.2. The van der Waals surface area contributed by atoms with Crippen LogP contribution in [0.4, 0.5) is 0 Å². The van der Waals surface area contributed by atoms with E-state index in [1.54, 1.807) is 4.31 Å². The van der Waals surface area contributed by atoms with Gasteiger partial charge in [0, 0.05) is 26.2 Å². The molecule has 2 atom stereocenters. The maximum Gasteiger partial charge on any atom is 0.282 e. The molecule has 0 bridgehead atoms. The van der Waals surface area contributed by atoms with E-state index in [-0.39, 0.29) is 13.2 Å². The lowest BCUT2D eigenvalue weighted by atomic mass is 9.94. The molecule has 5 nitrogen and oxygen atoms in total. The van der Waals surface area contributed by atoms with Gasteiger partial charge in [0.15, 0.2) is 0 Å². The molecule has 1 heterocycles. The summed E-state index contributed by atoms with van der Waals surface area (Å²) < 4.78 is 28.5. The van der Waals surface area contributed by atoms with Gasteiger partial charge in [-0.15, -0.1) is 0 Å². The van der Waals surface area contributed by atoms with E-state index in [1.165, 1.54) is 4.31 Å². The topological polar surface area (TPSA) is 60.9 Å². The molecule has 0 aromatic heterocycles. The maximum absolute atomic E-state index is 12.7. The Morgan fingerprint density at radius 3 is 2.25 bits per heavy atom. The number of hydrogen-bond acceptors (Lipinski definition) is 3. The fraction of sp³-hybridized carbons (Fsp3) is 1.00. The number of aliphatic hydroxyl groups excluding tert-OH is 1. The molecule has 0 saturated carbocycles. The van der Waals surface area contributed by atoms with E-state index in [4.69, 9.17) is 5.11 Å².